The molecule has 0 radical (unpaired) electrons. The minimum Gasteiger partial charge on any atom is -0.511 e. The van der Waals surface area contributed by atoms with Gasteiger partial charge in [0.2, 0.25) is 6.41 Å². The van der Waals surface area contributed by atoms with Crippen molar-refractivity contribution >= 4 is 40.4 Å². The van der Waals surface area contributed by atoms with Crippen molar-refractivity contribution in [1.82, 2.24) is 0 Å². The van der Waals surface area contributed by atoms with E-state index in [1.165, 1.54) is 0 Å². The number of hydrogen-bond donors (Lipinski definition) is 3. The third-order valence-electron chi connectivity index (χ3n) is 1.70. The van der Waals surface area contributed by atoms with E-state index < -0.39 is 0 Å². The van der Waals surface area contributed by atoms with E-state index in [4.69, 9.17) is 5.11 Å². The van der Waals surface area contributed by atoms with Crippen LogP contribution in [0.4, 0.5) is 11.4 Å². The van der Waals surface area contributed by atoms with Gasteiger partial charge in [-0.1, -0.05) is 12.6 Å². The van der Waals surface area contributed by atoms with Crippen LogP contribution in [0.15, 0.2) is 30.5 Å². The average Bonchev–Trinajstić information content (AvgIpc) is 2.19. The molecule has 0 spiro atoms. The van der Waals surface area contributed by atoms with Crippen LogP contribution in [-0.2, 0) is 4.79 Å². The number of hydrogen-bond acceptors (Lipinski definition) is 3. The van der Waals surface area contributed by atoms with E-state index in [2.05, 4.69) is 39.8 Å². The fourth-order valence-electron chi connectivity index (χ4n) is 1.04. The van der Waals surface area contributed by atoms with Crippen molar-refractivity contribution in [3.63, 3.8) is 0 Å². The monoisotopic (exact) mass is 318 g/mol. The summed E-state index contributed by atoms with van der Waals surface area (Å²) in [5.41, 5.74) is 1.58. The summed E-state index contributed by atoms with van der Waals surface area (Å²) in [5.74, 6) is 0.0690. The van der Waals surface area contributed by atoms with Gasteiger partial charge in [-0.05, 0) is 34.7 Å². The van der Waals surface area contributed by atoms with Crippen molar-refractivity contribution in [3.05, 3.63) is 34.1 Å². The van der Waals surface area contributed by atoms with Gasteiger partial charge in [0, 0.05) is 0 Å². The molecule has 5 heteroatoms. The van der Waals surface area contributed by atoms with Gasteiger partial charge in [0.1, 0.15) is 5.76 Å². The number of amides is 1. The van der Waals surface area contributed by atoms with Gasteiger partial charge in [-0.15, -0.1) is 0 Å². The van der Waals surface area contributed by atoms with Crippen LogP contribution in [0.5, 0.6) is 0 Å². The summed E-state index contributed by atoms with van der Waals surface area (Å²) in [7, 11) is 0. The number of carbonyl (C=O) groups excluding carboxylic acids is 1. The zero-order valence-electron chi connectivity index (χ0n) is 7.96. The van der Waals surface area contributed by atoms with Crippen LogP contribution in [-0.4, -0.2) is 18.1 Å². The second-order valence-electron chi connectivity index (χ2n) is 2.85. The second kappa shape index (κ2) is 5.59. The summed E-state index contributed by atoms with van der Waals surface area (Å²) in [5, 5.41) is 14.5. The van der Waals surface area contributed by atoms with E-state index in [0.29, 0.717) is 13.0 Å². The van der Waals surface area contributed by atoms with Crippen LogP contribution < -0.4 is 10.6 Å². The SMILES string of the molecule is C=C(O)CNc1cccc(NC=O)c1I. The summed E-state index contributed by atoms with van der Waals surface area (Å²) >= 11 is 2.12. The molecule has 0 aliphatic rings. The third kappa shape index (κ3) is 3.43. The van der Waals surface area contributed by atoms with Gasteiger partial charge in [0.15, 0.2) is 0 Å². The van der Waals surface area contributed by atoms with E-state index in [1.54, 1.807) is 6.07 Å². The van der Waals surface area contributed by atoms with Gasteiger partial charge in [0.05, 0.1) is 21.5 Å². The quantitative estimate of drug-likeness (QED) is 0.444. The Kier molecular flexibility index (Phi) is 4.41. The lowest BCUT2D eigenvalue weighted by Crippen LogP contribution is -2.06. The number of nitrogens with one attached hydrogen (secondary N) is 2. The first-order valence-corrected chi connectivity index (χ1v) is 5.32. The van der Waals surface area contributed by atoms with Gasteiger partial charge in [0.25, 0.3) is 0 Å². The number of rotatable bonds is 5. The predicted octanol–water partition coefficient (Wildman–Crippen LogP) is 2.34. The minimum absolute atomic E-state index is 0.0690. The molecule has 1 aromatic rings. The molecule has 0 atom stereocenters. The third-order valence-corrected chi connectivity index (χ3v) is 2.86. The Labute approximate surface area is 102 Å². The molecule has 0 aliphatic carbocycles. The van der Waals surface area contributed by atoms with E-state index in [9.17, 15) is 4.79 Å². The van der Waals surface area contributed by atoms with E-state index in [0.717, 1.165) is 14.9 Å². The fourth-order valence-corrected chi connectivity index (χ4v) is 1.75. The molecule has 0 heterocycles. The van der Waals surface area contributed by atoms with Gasteiger partial charge in [-0.3, -0.25) is 4.79 Å². The van der Waals surface area contributed by atoms with Crippen molar-refractivity contribution in [3.8, 4) is 0 Å². The highest BCUT2D eigenvalue weighted by Crippen LogP contribution is 2.25. The number of aliphatic hydroxyl groups is 1. The van der Waals surface area contributed by atoms with Gasteiger partial charge in [-0.25, -0.2) is 0 Å². The minimum atomic E-state index is 0.0690. The molecule has 0 aliphatic heterocycles. The van der Waals surface area contributed by atoms with Crippen LogP contribution in [0.3, 0.4) is 0 Å². The first-order chi connectivity index (χ1) is 7.15. The Balaban J connectivity index is 2.83. The number of halogens is 1. The first-order valence-electron chi connectivity index (χ1n) is 4.24. The molecular weight excluding hydrogens is 307 g/mol. The van der Waals surface area contributed by atoms with E-state index in [1.807, 2.05) is 12.1 Å². The summed E-state index contributed by atoms with van der Waals surface area (Å²) in [6, 6.07) is 5.48. The highest BCUT2D eigenvalue weighted by atomic mass is 127. The largest absolute Gasteiger partial charge is 0.511 e. The zero-order valence-corrected chi connectivity index (χ0v) is 10.1. The molecule has 1 rings (SSSR count). The number of benzene rings is 1. The second-order valence-corrected chi connectivity index (χ2v) is 3.93. The molecule has 1 amide bonds. The van der Waals surface area contributed by atoms with Gasteiger partial charge < -0.3 is 15.7 Å². The normalized spacial score (nSPS) is 9.40. The van der Waals surface area contributed by atoms with Crippen LogP contribution in [0, 0.1) is 3.57 Å². The van der Waals surface area contributed by atoms with Crippen LogP contribution in [0.1, 0.15) is 0 Å². The molecule has 0 bridgehead atoms. The Morgan fingerprint density at radius 1 is 1.53 bits per heavy atom. The average molecular weight is 318 g/mol. The Morgan fingerprint density at radius 3 is 2.80 bits per heavy atom. The topological polar surface area (TPSA) is 61.4 Å². The summed E-state index contributed by atoms with van der Waals surface area (Å²) in [6.07, 6.45) is 0.631. The standard InChI is InChI=1S/C10H11IN2O2/c1-7(15)5-12-8-3-2-4-9(10(8)11)13-6-14/h2-4,6,12,15H,1,5H2,(H,13,14). The summed E-state index contributed by atoms with van der Waals surface area (Å²) < 4.78 is 0.892. The van der Waals surface area contributed by atoms with Crippen molar-refractivity contribution in [1.29, 1.82) is 0 Å². The number of carbonyl (C=O) groups is 1. The Morgan fingerprint density at radius 2 is 2.20 bits per heavy atom. The smallest absolute Gasteiger partial charge is 0.211 e. The van der Waals surface area contributed by atoms with Gasteiger partial charge >= 0.3 is 0 Å². The highest BCUT2D eigenvalue weighted by molar-refractivity contribution is 14.1. The molecule has 0 aromatic heterocycles. The first kappa shape index (κ1) is 11.8. The zero-order chi connectivity index (χ0) is 11.3. The van der Waals surface area contributed by atoms with Crippen molar-refractivity contribution in [2.75, 3.05) is 17.2 Å². The lowest BCUT2D eigenvalue weighted by Gasteiger charge is -2.10. The molecule has 0 saturated heterocycles. The van der Waals surface area contributed by atoms with Crippen LogP contribution >= 0.6 is 22.6 Å². The molecule has 3 N–H and O–H groups in total. The molecular formula is C10H11IN2O2. The molecule has 1 aromatic carbocycles. The van der Waals surface area contributed by atoms with Crippen molar-refractivity contribution < 1.29 is 9.90 Å². The fraction of sp³-hybridized carbons (Fsp3) is 0.100. The summed E-state index contributed by atoms with van der Waals surface area (Å²) in [6.45, 7) is 3.67. The lowest BCUT2D eigenvalue weighted by molar-refractivity contribution is -0.105. The molecule has 15 heavy (non-hydrogen) atoms. The molecule has 0 fully saturated rings. The molecule has 0 saturated carbocycles. The van der Waals surface area contributed by atoms with E-state index in [-0.39, 0.29) is 5.76 Å². The predicted molar refractivity (Wildman–Crippen MR) is 69.1 cm³/mol. The Hall–Kier alpha value is -1.24. The maximum absolute atomic E-state index is 10.3. The van der Waals surface area contributed by atoms with E-state index >= 15 is 0 Å². The summed E-state index contributed by atoms with van der Waals surface area (Å²) in [4.78, 5) is 10.3. The maximum Gasteiger partial charge on any atom is 0.211 e. The lowest BCUT2D eigenvalue weighted by atomic mass is 10.2. The highest BCUT2D eigenvalue weighted by Gasteiger charge is 2.04. The molecule has 80 valence electrons. The Bertz CT molecular complexity index is 380. The number of aliphatic hydroxyl groups excluding tert-OH is 1. The number of anilines is 2. The van der Waals surface area contributed by atoms with Crippen LogP contribution in [0.2, 0.25) is 0 Å². The van der Waals surface area contributed by atoms with Crippen LogP contribution in [0.25, 0.3) is 0 Å². The van der Waals surface area contributed by atoms with Crippen molar-refractivity contribution in [2.24, 2.45) is 0 Å². The molecule has 0 unspecified atom stereocenters. The molecule has 4 nitrogen and oxygen atoms in total. The van der Waals surface area contributed by atoms with Crippen molar-refractivity contribution in [2.45, 2.75) is 0 Å². The maximum atomic E-state index is 10.3. The van der Waals surface area contributed by atoms with Gasteiger partial charge in [-0.2, -0.15) is 0 Å².